The van der Waals surface area contributed by atoms with Gasteiger partial charge in [-0.2, -0.15) is 0 Å². The van der Waals surface area contributed by atoms with Crippen LogP contribution in [0, 0.1) is 0 Å². The van der Waals surface area contributed by atoms with E-state index in [1.165, 1.54) is 263 Å². The Morgan fingerprint density at radius 3 is 0.685 bits per heavy atom. The van der Waals surface area contributed by atoms with Crippen LogP contribution >= 0.6 is 0 Å². The van der Waals surface area contributed by atoms with Gasteiger partial charge in [-0.05, 0) is 70.6 Å². The summed E-state index contributed by atoms with van der Waals surface area (Å²) < 4.78 is 16.9. The lowest BCUT2D eigenvalue weighted by Crippen LogP contribution is -2.30. The van der Waals surface area contributed by atoms with E-state index in [0.717, 1.165) is 64.2 Å². The molecule has 0 spiro atoms. The molecule has 0 radical (unpaired) electrons. The first-order valence-electron chi connectivity index (χ1n) is 32.8. The number of ether oxygens (including phenoxy) is 3. The van der Waals surface area contributed by atoms with E-state index < -0.39 is 6.10 Å². The summed E-state index contributed by atoms with van der Waals surface area (Å²) in [6.45, 7) is 6.66. The third-order valence-corrected chi connectivity index (χ3v) is 14.9. The fourth-order valence-corrected chi connectivity index (χ4v) is 9.97. The highest BCUT2D eigenvalue weighted by Gasteiger charge is 2.19. The molecule has 0 amide bonds. The molecule has 0 aromatic heterocycles. The van der Waals surface area contributed by atoms with E-state index in [0.29, 0.717) is 19.3 Å². The van der Waals surface area contributed by atoms with Gasteiger partial charge in [0.1, 0.15) is 13.2 Å². The Hall–Kier alpha value is -2.11. The van der Waals surface area contributed by atoms with Gasteiger partial charge in [-0.1, -0.05) is 302 Å². The molecule has 0 aliphatic rings. The number of rotatable bonds is 61. The molecule has 0 aliphatic carbocycles. The molecule has 430 valence electrons. The van der Waals surface area contributed by atoms with Crippen LogP contribution in [0.1, 0.15) is 367 Å². The predicted octanol–water partition coefficient (Wildman–Crippen LogP) is 22.2. The van der Waals surface area contributed by atoms with Gasteiger partial charge in [-0.15, -0.1) is 0 Å². The average molecular weight is 1030 g/mol. The molecule has 0 aromatic carbocycles. The molecule has 6 nitrogen and oxygen atoms in total. The smallest absolute Gasteiger partial charge is 0.306 e. The SMILES string of the molecule is CCCCCCC/C=C\CCCCCCCC(=O)OC(COC(=O)CCCCCCCCCCCC)COC(=O)CCCCCCCCCCCCCCCCCCCCC/C=C\CCCCCCCCCC. The van der Waals surface area contributed by atoms with Crippen LogP contribution < -0.4 is 0 Å². The molecular formula is C67H126O6. The zero-order valence-corrected chi connectivity index (χ0v) is 49.4. The molecule has 0 bridgehead atoms. The molecule has 0 heterocycles. The van der Waals surface area contributed by atoms with Gasteiger partial charge in [-0.3, -0.25) is 14.4 Å². The van der Waals surface area contributed by atoms with Crippen molar-refractivity contribution in [1.29, 1.82) is 0 Å². The van der Waals surface area contributed by atoms with E-state index in [4.69, 9.17) is 14.2 Å². The fraction of sp³-hybridized carbons (Fsp3) is 0.896. The minimum Gasteiger partial charge on any atom is -0.462 e. The Kier molecular flexibility index (Phi) is 60.6. The van der Waals surface area contributed by atoms with Gasteiger partial charge in [-0.25, -0.2) is 0 Å². The molecular weight excluding hydrogens is 901 g/mol. The van der Waals surface area contributed by atoms with Crippen molar-refractivity contribution in [2.45, 2.75) is 374 Å². The van der Waals surface area contributed by atoms with Gasteiger partial charge in [0.25, 0.3) is 0 Å². The standard InChI is InChI=1S/C67H126O6/c1-4-7-10-13-16-19-22-24-26-27-28-29-30-31-32-33-34-35-36-37-38-39-40-41-42-44-45-48-51-54-57-60-66(69)72-63-64(62-71-65(68)59-56-53-50-47-21-18-15-12-9-6-3)73-67(70)61-58-55-52-49-46-43-25-23-20-17-14-11-8-5-2/h23,25,27-28,64H,4-22,24,26,29-63H2,1-3H3/b25-23-,28-27-. The van der Waals surface area contributed by atoms with Crippen LogP contribution in [0.15, 0.2) is 24.3 Å². The first-order chi connectivity index (χ1) is 36.0. The van der Waals surface area contributed by atoms with Gasteiger partial charge in [0.05, 0.1) is 0 Å². The summed E-state index contributed by atoms with van der Waals surface area (Å²) in [6, 6.07) is 0. The number of esters is 3. The maximum atomic E-state index is 12.8. The molecule has 0 rings (SSSR count). The average Bonchev–Trinajstić information content (AvgIpc) is 3.39. The Balaban J connectivity index is 4.04. The summed E-state index contributed by atoms with van der Waals surface area (Å²) in [5.74, 6) is -0.856. The Bertz CT molecular complexity index is 1180. The number of carbonyl (C=O) groups excluding carboxylic acids is 3. The topological polar surface area (TPSA) is 78.9 Å². The highest BCUT2D eigenvalue weighted by molar-refractivity contribution is 5.71. The first-order valence-corrected chi connectivity index (χ1v) is 32.8. The van der Waals surface area contributed by atoms with Crippen LogP contribution in [0.3, 0.4) is 0 Å². The molecule has 0 saturated carbocycles. The van der Waals surface area contributed by atoms with Crippen LogP contribution in [-0.2, 0) is 28.6 Å². The van der Waals surface area contributed by atoms with E-state index in [2.05, 4.69) is 45.1 Å². The second-order valence-corrected chi connectivity index (χ2v) is 22.4. The van der Waals surface area contributed by atoms with Crippen molar-refractivity contribution in [3.8, 4) is 0 Å². The monoisotopic (exact) mass is 1030 g/mol. The molecule has 0 N–H and O–H groups in total. The Labute approximate surface area is 455 Å². The summed E-state index contributed by atoms with van der Waals surface area (Å²) >= 11 is 0. The minimum absolute atomic E-state index is 0.0690. The van der Waals surface area contributed by atoms with Crippen molar-refractivity contribution in [3.05, 3.63) is 24.3 Å². The second kappa shape index (κ2) is 62.4. The van der Waals surface area contributed by atoms with Crippen molar-refractivity contribution < 1.29 is 28.6 Å². The van der Waals surface area contributed by atoms with Gasteiger partial charge >= 0.3 is 17.9 Å². The third-order valence-electron chi connectivity index (χ3n) is 14.9. The first kappa shape index (κ1) is 70.9. The lowest BCUT2D eigenvalue weighted by molar-refractivity contribution is -0.167. The highest BCUT2D eigenvalue weighted by atomic mass is 16.6. The third kappa shape index (κ3) is 60.6. The van der Waals surface area contributed by atoms with E-state index in [1.807, 2.05) is 0 Å². The number of hydrogen-bond acceptors (Lipinski definition) is 6. The van der Waals surface area contributed by atoms with Gasteiger partial charge in [0.15, 0.2) is 6.10 Å². The maximum absolute atomic E-state index is 12.8. The van der Waals surface area contributed by atoms with E-state index >= 15 is 0 Å². The zero-order valence-electron chi connectivity index (χ0n) is 49.4. The van der Waals surface area contributed by atoms with Crippen molar-refractivity contribution >= 4 is 17.9 Å². The van der Waals surface area contributed by atoms with E-state index in [-0.39, 0.29) is 31.1 Å². The summed E-state index contributed by atoms with van der Waals surface area (Å²) in [6.07, 6.45) is 75.0. The van der Waals surface area contributed by atoms with Crippen molar-refractivity contribution in [3.63, 3.8) is 0 Å². The van der Waals surface area contributed by atoms with Crippen molar-refractivity contribution in [1.82, 2.24) is 0 Å². The molecule has 1 atom stereocenters. The summed E-state index contributed by atoms with van der Waals surface area (Å²) in [7, 11) is 0. The normalized spacial score (nSPS) is 12.1. The zero-order chi connectivity index (χ0) is 52.9. The van der Waals surface area contributed by atoms with Crippen LogP contribution in [0.4, 0.5) is 0 Å². The second-order valence-electron chi connectivity index (χ2n) is 22.4. The fourth-order valence-electron chi connectivity index (χ4n) is 9.97. The molecule has 6 heteroatoms. The minimum atomic E-state index is -0.770. The summed E-state index contributed by atoms with van der Waals surface area (Å²) in [5.41, 5.74) is 0. The Morgan fingerprint density at radius 1 is 0.260 bits per heavy atom. The number of hydrogen-bond donors (Lipinski definition) is 0. The molecule has 0 fully saturated rings. The quantitative estimate of drug-likeness (QED) is 0.0261. The number of unbranched alkanes of at least 4 members (excludes halogenated alkanes) is 46. The van der Waals surface area contributed by atoms with Gasteiger partial charge < -0.3 is 14.2 Å². The maximum Gasteiger partial charge on any atom is 0.306 e. The molecule has 73 heavy (non-hydrogen) atoms. The number of allylic oxidation sites excluding steroid dienone is 4. The Morgan fingerprint density at radius 2 is 0.452 bits per heavy atom. The van der Waals surface area contributed by atoms with Crippen LogP contribution in [0.25, 0.3) is 0 Å². The molecule has 1 unspecified atom stereocenters. The highest BCUT2D eigenvalue weighted by Crippen LogP contribution is 2.18. The van der Waals surface area contributed by atoms with Crippen molar-refractivity contribution in [2.75, 3.05) is 13.2 Å². The van der Waals surface area contributed by atoms with E-state index in [1.54, 1.807) is 0 Å². The predicted molar refractivity (Wildman–Crippen MR) is 316 cm³/mol. The lowest BCUT2D eigenvalue weighted by atomic mass is 10.0. The van der Waals surface area contributed by atoms with Crippen LogP contribution in [0.5, 0.6) is 0 Å². The lowest BCUT2D eigenvalue weighted by Gasteiger charge is -2.18. The summed E-state index contributed by atoms with van der Waals surface area (Å²) in [5, 5.41) is 0. The molecule has 0 aromatic rings. The van der Waals surface area contributed by atoms with Gasteiger partial charge in [0.2, 0.25) is 0 Å². The van der Waals surface area contributed by atoms with Crippen LogP contribution in [0.2, 0.25) is 0 Å². The van der Waals surface area contributed by atoms with Crippen LogP contribution in [-0.4, -0.2) is 37.2 Å². The van der Waals surface area contributed by atoms with E-state index in [9.17, 15) is 14.4 Å². The van der Waals surface area contributed by atoms with Gasteiger partial charge in [0, 0.05) is 19.3 Å². The number of carbonyl (C=O) groups is 3. The summed E-state index contributed by atoms with van der Waals surface area (Å²) in [4.78, 5) is 38.1. The molecule has 0 saturated heterocycles. The molecule has 0 aliphatic heterocycles. The van der Waals surface area contributed by atoms with Crippen molar-refractivity contribution in [2.24, 2.45) is 0 Å². The largest absolute Gasteiger partial charge is 0.462 e.